The molecule has 0 aromatic heterocycles. The van der Waals surface area contributed by atoms with Gasteiger partial charge in [-0.2, -0.15) is 0 Å². The lowest BCUT2D eigenvalue weighted by Crippen LogP contribution is -2.25. The Labute approximate surface area is 161 Å². The number of carbonyl (C=O) groups is 1. The average molecular weight is 427 g/mol. The molecular weight excluding hydrogens is 406 g/mol. The Kier molecular flexibility index (Phi) is 7.59. The van der Waals surface area contributed by atoms with E-state index in [4.69, 9.17) is 21.1 Å². The minimum Gasteiger partial charge on any atom is -0.493 e. The third kappa shape index (κ3) is 5.65. The predicted molar refractivity (Wildman–Crippen MR) is 104 cm³/mol. The molecule has 25 heavy (non-hydrogen) atoms. The maximum Gasteiger partial charge on any atom is 0.252 e. The number of ether oxygens (including phenoxy) is 2. The molecule has 0 aliphatic carbocycles. The van der Waals surface area contributed by atoms with Crippen LogP contribution < -0.4 is 14.8 Å². The van der Waals surface area contributed by atoms with Crippen molar-refractivity contribution in [1.29, 1.82) is 0 Å². The quantitative estimate of drug-likeness (QED) is 0.612. The molecule has 0 radical (unpaired) electrons. The molecule has 0 spiro atoms. The van der Waals surface area contributed by atoms with Crippen LogP contribution >= 0.6 is 27.5 Å². The first-order chi connectivity index (χ1) is 12.0. The molecule has 0 aliphatic heterocycles. The lowest BCUT2D eigenvalue weighted by molar-refractivity contribution is 0.0953. The van der Waals surface area contributed by atoms with Crippen molar-refractivity contribution in [2.24, 2.45) is 0 Å². The molecule has 0 saturated heterocycles. The maximum absolute atomic E-state index is 12.2. The number of aryl methyl sites for hydroxylation is 1. The normalized spacial score (nSPS) is 10.4. The summed E-state index contributed by atoms with van der Waals surface area (Å²) in [5.74, 6) is 1.30. The number of nitrogens with one attached hydrogen (secondary N) is 1. The van der Waals surface area contributed by atoms with Crippen LogP contribution in [0.1, 0.15) is 29.3 Å². The van der Waals surface area contributed by atoms with Gasteiger partial charge in [-0.05, 0) is 55.7 Å². The van der Waals surface area contributed by atoms with Gasteiger partial charge in [-0.1, -0.05) is 33.6 Å². The van der Waals surface area contributed by atoms with E-state index in [2.05, 4.69) is 21.2 Å². The molecule has 0 heterocycles. The number of methoxy groups -OCH3 is 1. The zero-order valence-electron chi connectivity index (χ0n) is 14.3. The molecule has 1 N–H and O–H groups in total. The largest absolute Gasteiger partial charge is 0.493 e. The highest BCUT2D eigenvalue weighted by Crippen LogP contribution is 2.28. The van der Waals surface area contributed by atoms with Gasteiger partial charge >= 0.3 is 0 Å². The third-order valence-electron chi connectivity index (χ3n) is 3.63. The Hall–Kier alpha value is -1.72. The van der Waals surface area contributed by atoms with E-state index < -0.39 is 0 Å². The van der Waals surface area contributed by atoms with Crippen molar-refractivity contribution < 1.29 is 14.3 Å². The molecule has 1 amide bonds. The van der Waals surface area contributed by atoms with Crippen molar-refractivity contribution in [1.82, 2.24) is 5.32 Å². The van der Waals surface area contributed by atoms with Crippen molar-refractivity contribution in [2.75, 3.05) is 20.3 Å². The standard InChI is InChI=1S/C19H21BrClNO3/c1-3-25-17-9-6-13(11-18(17)24-2)5-4-10-22-19(23)15-12-14(20)7-8-16(15)21/h6-9,11-12H,3-5,10H2,1-2H3,(H,22,23). The molecule has 0 bridgehead atoms. The van der Waals surface area contributed by atoms with Crippen LogP contribution in [0.25, 0.3) is 0 Å². The average Bonchev–Trinajstić information content (AvgIpc) is 2.61. The van der Waals surface area contributed by atoms with Crippen molar-refractivity contribution in [2.45, 2.75) is 19.8 Å². The molecular formula is C19H21BrClNO3. The zero-order valence-corrected chi connectivity index (χ0v) is 16.6. The summed E-state index contributed by atoms with van der Waals surface area (Å²) in [6.07, 6.45) is 1.64. The summed E-state index contributed by atoms with van der Waals surface area (Å²) in [7, 11) is 1.63. The highest BCUT2D eigenvalue weighted by Gasteiger charge is 2.10. The second kappa shape index (κ2) is 9.68. The number of hydrogen-bond donors (Lipinski definition) is 1. The lowest BCUT2D eigenvalue weighted by atomic mass is 10.1. The fraction of sp³-hybridized carbons (Fsp3) is 0.316. The van der Waals surface area contributed by atoms with Crippen LogP contribution in [0.4, 0.5) is 0 Å². The summed E-state index contributed by atoms with van der Waals surface area (Å²) in [6, 6.07) is 11.1. The van der Waals surface area contributed by atoms with Crippen molar-refractivity contribution >= 4 is 33.4 Å². The molecule has 2 aromatic carbocycles. The van der Waals surface area contributed by atoms with Gasteiger partial charge in [0.15, 0.2) is 11.5 Å². The van der Waals surface area contributed by atoms with E-state index in [1.165, 1.54) is 0 Å². The van der Waals surface area contributed by atoms with Crippen LogP contribution in [0.2, 0.25) is 5.02 Å². The number of benzene rings is 2. The fourth-order valence-electron chi connectivity index (χ4n) is 2.40. The smallest absolute Gasteiger partial charge is 0.252 e. The monoisotopic (exact) mass is 425 g/mol. The molecule has 0 fully saturated rings. The van der Waals surface area contributed by atoms with Gasteiger partial charge in [0, 0.05) is 11.0 Å². The number of carbonyl (C=O) groups excluding carboxylic acids is 1. The minimum atomic E-state index is -0.171. The zero-order chi connectivity index (χ0) is 18.2. The number of amides is 1. The first-order valence-electron chi connectivity index (χ1n) is 8.08. The highest BCUT2D eigenvalue weighted by atomic mass is 79.9. The molecule has 0 unspecified atom stereocenters. The van der Waals surface area contributed by atoms with Crippen molar-refractivity contribution in [3.8, 4) is 11.5 Å². The topological polar surface area (TPSA) is 47.6 Å². The van der Waals surface area contributed by atoms with Gasteiger partial charge in [-0.25, -0.2) is 0 Å². The molecule has 0 atom stereocenters. The van der Waals surface area contributed by atoms with Crippen LogP contribution in [0.5, 0.6) is 11.5 Å². The van der Waals surface area contributed by atoms with Crippen LogP contribution in [-0.4, -0.2) is 26.2 Å². The van der Waals surface area contributed by atoms with Gasteiger partial charge in [0.25, 0.3) is 5.91 Å². The molecule has 2 aromatic rings. The van der Waals surface area contributed by atoms with E-state index in [-0.39, 0.29) is 5.91 Å². The molecule has 0 aliphatic rings. The van der Waals surface area contributed by atoms with Crippen LogP contribution in [-0.2, 0) is 6.42 Å². The van der Waals surface area contributed by atoms with E-state index in [1.54, 1.807) is 25.3 Å². The summed E-state index contributed by atoms with van der Waals surface area (Å²) >= 11 is 9.41. The number of rotatable bonds is 8. The molecule has 134 valence electrons. The van der Waals surface area contributed by atoms with Crippen molar-refractivity contribution in [3.05, 3.63) is 57.0 Å². The Bertz CT molecular complexity index is 737. The van der Waals surface area contributed by atoms with Gasteiger partial charge in [0.05, 0.1) is 24.3 Å². The molecule has 6 heteroatoms. The second-order valence-electron chi connectivity index (χ2n) is 5.40. The lowest BCUT2D eigenvalue weighted by Gasteiger charge is -2.11. The Morgan fingerprint density at radius 1 is 1.20 bits per heavy atom. The van der Waals surface area contributed by atoms with Crippen LogP contribution in [0.15, 0.2) is 40.9 Å². The summed E-state index contributed by atoms with van der Waals surface area (Å²) in [4.78, 5) is 12.2. The predicted octanol–water partition coefficient (Wildman–Crippen LogP) is 4.87. The van der Waals surface area contributed by atoms with Crippen LogP contribution in [0.3, 0.4) is 0 Å². The summed E-state index contributed by atoms with van der Waals surface area (Å²) in [5.41, 5.74) is 1.61. The minimum absolute atomic E-state index is 0.171. The summed E-state index contributed by atoms with van der Waals surface area (Å²) < 4.78 is 11.7. The fourth-order valence-corrected chi connectivity index (χ4v) is 2.97. The first kappa shape index (κ1) is 19.6. The third-order valence-corrected chi connectivity index (χ3v) is 4.45. The van der Waals surface area contributed by atoms with Gasteiger partial charge in [0.2, 0.25) is 0 Å². The Balaban J connectivity index is 1.86. The molecule has 4 nitrogen and oxygen atoms in total. The second-order valence-corrected chi connectivity index (χ2v) is 6.72. The van der Waals surface area contributed by atoms with E-state index in [1.807, 2.05) is 25.1 Å². The summed E-state index contributed by atoms with van der Waals surface area (Å²) in [5, 5.41) is 3.34. The van der Waals surface area contributed by atoms with Gasteiger partial charge < -0.3 is 14.8 Å². The molecule has 2 rings (SSSR count). The van der Waals surface area contributed by atoms with Gasteiger partial charge in [-0.15, -0.1) is 0 Å². The van der Waals surface area contributed by atoms with Gasteiger partial charge in [-0.3, -0.25) is 4.79 Å². The maximum atomic E-state index is 12.2. The molecule has 0 saturated carbocycles. The van der Waals surface area contributed by atoms with E-state index in [0.717, 1.165) is 34.4 Å². The van der Waals surface area contributed by atoms with Crippen molar-refractivity contribution in [3.63, 3.8) is 0 Å². The number of halogens is 2. The SMILES string of the molecule is CCOc1ccc(CCCNC(=O)c2cc(Br)ccc2Cl)cc1OC. The Morgan fingerprint density at radius 2 is 2.00 bits per heavy atom. The van der Waals surface area contributed by atoms with E-state index in [9.17, 15) is 4.79 Å². The van der Waals surface area contributed by atoms with Crippen LogP contribution in [0, 0.1) is 0 Å². The Morgan fingerprint density at radius 3 is 2.72 bits per heavy atom. The van der Waals surface area contributed by atoms with E-state index >= 15 is 0 Å². The van der Waals surface area contributed by atoms with Gasteiger partial charge in [0.1, 0.15) is 0 Å². The highest BCUT2D eigenvalue weighted by molar-refractivity contribution is 9.10. The summed E-state index contributed by atoms with van der Waals surface area (Å²) in [6.45, 7) is 3.10. The first-order valence-corrected chi connectivity index (χ1v) is 9.25. The number of hydrogen-bond acceptors (Lipinski definition) is 3. The van der Waals surface area contributed by atoms with E-state index in [0.29, 0.717) is 23.7 Å².